The zero-order valence-corrected chi connectivity index (χ0v) is 15.1. The highest BCUT2D eigenvalue weighted by atomic mass is 79.9. The van der Waals surface area contributed by atoms with Gasteiger partial charge in [-0.2, -0.15) is 0 Å². The fourth-order valence-electron chi connectivity index (χ4n) is 3.24. The molecule has 0 heterocycles. The normalized spacial score (nSPS) is 24.6. The van der Waals surface area contributed by atoms with E-state index in [1.165, 1.54) is 44.9 Å². The van der Waals surface area contributed by atoms with Gasteiger partial charge < -0.3 is 0 Å². The molecule has 0 saturated heterocycles. The molecular formula is C17H23BrCl2. The van der Waals surface area contributed by atoms with Crippen LogP contribution in [0.1, 0.15) is 62.3 Å². The largest absolute Gasteiger partial charge is 0.0843 e. The Kier molecular flexibility index (Phi) is 6.71. The van der Waals surface area contributed by atoms with Gasteiger partial charge in [-0.1, -0.05) is 78.2 Å². The van der Waals surface area contributed by atoms with Crippen molar-refractivity contribution in [2.75, 3.05) is 0 Å². The first-order chi connectivity index (χ1) is 9.61. The molecule has 1 aromatic rings. The van der Waals surface area contributed by atoms with E-state index >= 15 is 0 Å². The van der Waals surface area contributed by atoms with Gasteiger partial charge in [0.1, 0.15) is 0 Å². The highest BCUT2D eigenvalue weighted by Crippen LogP contribution is 2.44. The van der Waals surface area contributed by atoms with Gasteiger partial charge in [0.05, 0.1) is 0 Å². The second kappa shape index (κ2) is 8.06. The van der Waals surface area contributed by atoms with Gasteiger partial charge in [0.25, 0.3) is 0 Å². The molecule has 20 heavy (non-hydrogen) atoms. The molecule has 1 aliphatic carbocycles. The van der Waals surface area contributed by atoms with Crippen molar-refractivity contribution >= 4 is 39.1 Å². The van der Waals surface area contributed by atoms with Crippen molar-refractivity contribution in [1.29, 1.82) is 0 Å². The smallest absolute Gasteiger partial charge is 0.0450 e. The summed E-state index contributed by atoms with van der Waals surface area (Å²) in [5, 5.41) is 1.59. The summed E-state index contributed by atoms with van der Waals surface area (Å²) in [6.45, 7) is 2.28. The molecule has 1 atom stereocenters. The lowest BCUT2D eigenvalue weighted by molar-refractivity contribution is 0.257. The molecule has 0 spiro atoms. The molecule has 1 saturated carbocycles. The van der Waals surface area contributed by atoms with Gasteiger partial charge >= 0.3 is 0 Å². The molecule has 0 aromatic heterocycles. The second-order valence-electron chi connectivity index (χ2n) is 5.99. The van der Waals surface area contributed by atoms with Crippen LogP contribution < -0.4 is 0 Å². The molecule has 1 fully saturated rings. The van der Waals surface area contributed by atoms with Crippen LogP contribution in [0.25, 0.3) is 0 Å². The number of hydrogen-bond donors (Lipinski definition) is 0. The number of rotatable bonds is 5. The van der Waals surface area contributed by atoms with E-state index in [0.717, 1.165) is 21.5 Å². The van der Waals surface area contributed by atoms with Gasteiger partial charge in [0, 0.05) is 14.9 Å². The molecule has 112 valence electrons. The Morgan fingerprint density at radius 1 is 1.20 bits per heavy atom. The maximum atomic E-state index is 6.32. The average Bonchev–Trinajstić information content (AvgIpc) is 2.47. The van der Waals surface area contributed by atoms with Gasteiger partial charge in [-0.3, -0.25) is 0 Å². The van der Waals surface area contributed by atoms with Crippen LogP contribution in [-0.4, -0.2) is 0 Å². The predicted octanol–water partition coefficient (Wildman–Crippen LogP) is 7.43. The Morgan fingerprint density at radius 3 is 2.55 bits per heavy atom. The van der Waals surface area contributed by atoms with Crippen molar-refractivity contribution in [3.8, 4) is 0 Å². The predicted molar refractivity (Wildman–Crippen MR) is 93.1 cm³/mol. The van der Waals surface area contributed by atoms with Crippen LogP contribution in [0, 0.1) is 11.8 Å². The number of alkyl halides is 1. The first kappa shape index (κ1) is 16.6. The van der Waals surface area contributed by atoms with E-state index in [2.05, 4.69) is 22.9 Å². The molecule has 1 aliphatic rings. The summed E-state index contributed by atoms with van der Waals surface area (Å²) in [5.41, 5.74) is 1.15. The third-order valence-corrected chi connectivity index (χ3v) is 6.35. The van der Waals surface area contributed by atoms with Crippen LogP contribution in [0.15, 0.2) is 18.2 Å². The topological polar surface area (TPSA) is 0 Å². The molecule has 0 nitrogen and oxygen atoms in total. The van der Waals surface area contributed by atoms with Crippen LogP contribution in [0.2, 0.25) is 10.0 Å². The summed E-state index contributed by atoms with van der Waals surface area (Å²) in [7, 11) is 0. The molecule has 2 rings (SSSR count). The van der Waals surface area contributed by atoms with Crippen molar-refractivity contribution in [2.24, 2.45) is 11.8 Å². The SMILES string of the molecule is CCCCC1CCC(C(Br)c2cc(Cl)ccc2Cl)CC1. The first-order valence-corrected chi connectivity index (χ1v) is 9.38. The van der Waals surface area contributed by atoms with Crippen LogP contribution in [0.5, 0.6) is 0 Å². The third kappa shape index (κ3) is 4.39. The quantitative estimate of drug-likeness (QED) is 0.468. The Bertz CT molecular complexity index is 425. The van der Waals surface area contributed by atoms with E-state index in [0.29, 0.717) is 10.7 Å². The Morgan fingerprint density at radius 2 is 1.90 bits per heavy atom. The van der Waals surface area contributed by atoms with Crippen molar-refractivity contribution in [1.82, 2.24) is 0 Å². The van der Waals surface area contributed by atoms with Gasteiger partial charge in [-0.25, -0.2) is 0 Å². The maximum absolute atomic E-state index is 6.32. The van der Waals surface area contributed by atoms with Crippen LogP contribution >= 0.6 is 39.1 Å². The fraction of sp³-hybridized carbons (Fsp3) is 0.647. The zero-order chi connectivity index (χ0) is 14.5. The summed E-state index contributed by atoms with van der Waals surface area (Å²) in [5.74, 6) is 1.63. The molecule has 1 unspecified atom stereocenters. The first-order valence-electron chi connectivity index (χ1n) is 7.70. The Hall–Kier alpha value is 0.280. The van der Waals surface area contributed by atoms with E-state index in [1.807, 2.05) is 18.2 Å². The summed E-state index contributed by atoms with van der Waals surface area (Å²) in [6, 6.07) is 5.77. The minimum atomic E-state index is 0.334. The number of benzene rings is 1. The minimum Gasteiger partial charge on any atom is -0.0843 e. The second-order valence-corrected chi connectivity index (χ2v) is 7.82. The van der Waals surface area contributed by atoms with Crippen LogP contribution in [0.3, 0.4) is 0 Å². The van der Waals surface area contributed by atoms with Gasteiger partial charge in [-0.05, 0) is 48.4 Å². The molecular weight excluding hydrogens is 355 g/mol. The van der Waals surface area contributed by atoms with E-state index in [9.17, 15) is 0 Å². The summed E-state index contributed by atoms with van der Waals surface area (Å²) < 4.78 is 0. The molecule has 0 aliphatic heterocycles. The standard InChI is InChI=1S/C17H23BrCl2/c1-2-3-4-12-5-7-13(8-6-12)17(18)15-11-14(19)9-10-16(15)20/h9-13,17H,2-8H2,1H3. The highest BCUT2D eigenvalue weighted by Gasteiger charge is 2.28. The van der Waals surface area contributed by atoms with Crippen LogP contribution in [-0.2, 0) is 0 Å². The molecule has 0 bridgehead atoms. The number of halogens is 3. The number of unbranched alkanes of at least 4 members (excludes halogenated alkanes) is 1. The summed E-state index contributed by atoms with van der Waals surface area (Å²) in [6.07, 6.45) is 9.44. The Balaban J connectivity index is 1.94. The average molecular weight is 378 g/mol. The van der Waals surface area contributed by atoms with E-state index in [-0.39, 0.29) is 0 Å². The molecule has 1 aromatic carbocycles. The molecule has 3 heteroatoms. The maximum Gasteiger partial charge on any atom is 0.0450 e. The van der Waals surface area contributed by atoms with Gasteiger partial charge in [0.15, 0.2) is 0 Å². The molecule has 0 N–H and O–H groups in total. The zero-order valence-electron chi connectivity index (χ0n) is 12.0. The van der Waals surface area contributed by atoms with Gasteiger partial charge in [-0.15, -0.1) is 0 Å². The van der Waals surface area contributed by atoms with E-state index in [1.54, 1.807) is 0 Å². The summed E-state index contributed by atoms with van der Waals surface area (Å²) >= 11 is 16.3. The summed E-state index contributed by atoms with van der Waals surface area (Å²) in [4.78, 5) is 0.334. The fourth-order valence-corrected chi connectivity index (χ4v) is 4.70. The lowest BCUT2D eigenvalue weighted by Crippen LogP contribution is -2.18. The highest BCUT2D eigenvalue weighted by molar-refractivity contribution is 9.09. The third-order valence-electron chi connectivity index (χ3n) is 4.53. The minimum absolute atomic E-state index is 0.334. The lowest BCUT2D eigenvalue weighted by atomic mass is 9.77. The van der Waals surface area contributed by atoms with E-state index < -0.39 is 0 Å². The van der Waals surface area contributed by atoms with Crippen molar-refractivity contribution < 1.29 is 0 Å². The monoisotopic (exact) mass is 376 g/mol. The van der Waals surface area contributed by atoms with Crippen molar-refractivity contribution in [2.45, 2.75) is 56.7 Å². The van der Waals surface area contributed by atoms with Crippen molar-refractivity contribution in [3.05, 3.63) is 33.8 Å². The Labute approximate surface area is 141 Å². The molecule has 0 amide bonds. The molecule has 0 radical (unpaired) electrons. The number of hydrogen-bond acceptors (Lipinski definition) is 0. The van der Waals surface area contributed by atoms with Crippen molar-refractivity contribution in [3.63, 3.8) is 0 Å². The lowest BCUT2D eigenvalue weighted by Gasteiger charge is -2.32. The van der Waals surface area contributed by atoms with Crippen LogP contribution in [0.4, 0.5) is 0 Å². The van der Waals surface area contributed by atoms with Gasteiger partial charge in [0.2, 0.25) is 0 Å². The van der Waals surface area contributed by atoms with E-state index in [4.69, 9.17) is 23.2 Å².